The minimum Gasteiger partial charge on any atom is -0.465 e. The number of cyclic esters (lactones) is 1. The summed E-state index contributed by atoms with van der Waals surface area (Å²) in [6.45, 7) is 0.514. The molecule has 138 valence electrons. The van der Waals surface area contributed by atoms with Gasteiger partial charge in [0.25, 0.3) is 5.91 Å². The monoisotopic (exact) mass is 363 g/mol. The molecule has 9 heteroatoms. The van der Waals surface area contributed by atoms with Gasteiger partial charge in [-0.1, -0.05) is 6.08 Å². The van der Waals surface area contributed by atoms with Gasteiger partial charge in [-0.15, -0.1) is 0 Å². The van der Waals surface area contributed by atoms with Gasteiger partial charge in [0, 0.05) is 25.7 Å². The second-order valence-corrected chi connectivity index (χ2v) is 5.97. The van der Waals surface area contributed by atoms with E-state index in [0.29, 0.717) is 24.2 Å². The Hall–Kier alpha value is -3.10. The Morgan fingerprint density at radius 2 is 2.15 bits per heavy atom. The van der Waals surface area contributed by atoms with Crippen LogP contribution < -0.4 is 10.2 Å². The molecular formula is C17H18FN3O5. The van der Waals surface area contributed by atoms with Crippen LogP contribution in [0.25, 0.3) is 5.57 Å². The minimum absolute atomic E-state index is 0.00750. The van der Waals surface area contributed by atoms with Gasteiger partial charge in [0.2, 0.25) is 0 Å². The molecule has 26 heavy (non-hydrogen) atoms. The average molecular weight is 363 g/mol. The number of rotatable bonds is 3. The van der Waals surface area contributed by atoms with Gasteiger partial charge in [-0.25, -0.2) is 14.0 Å². The summed E-state index contributed by atoms with van der Waals surface area (Å²) in [6, 6.07) is 4.34. The Balaban J connectivity index is 1.77. The Kier molecular flexibility index (Phi) is 4.79. The van der Waals surface area contributed by atoms with Crippen molar-refractivity contribution in [3.63, 3.8) is 0 Å². The van der Waals surface area contributed by atoms with Crippen LogP contribution in [0.2, 0.25) is 0 Å². The average Bonchev–Trinajstić information content (AvgIpc) is 3.03. The van der Waals surface area contributed by atoms with E-state index in [1.807, 2.05) is 0 Å². The summed E-state index contributed by atoms with van der Waals surface area (Å²) in [4.78, 5) is 36.9. The molecule has 0 spiro atoms. The van der Waals surface area contributed by atoms with E-state index in [2.05, 4.69) is 5.32 Å². The lowest BCUT2D eigenvalue weighted by molar-refractivity contribution is -0.127. The molecule has 0 aliphatic carbocycles. The molecule has 1 saturated heterocycles. The molecular weight excluding hydrogens is 345 g/mol. The van der Waals surface area contributed by atoms with Crippen LogP contribution in [0, 0.1) is 5.82 Å². The molecule has 2 heterocycles. The molecule has 8 nitrogen and oxygen atoms in total. The zero-order valence-electron chi connectivity index (χ0n) is 14.1. The fourth-order valence-electron chi connectivity index (χ4n) is 2.99. The third kappa shape index (κ3) is 3.32. The van der Waals surface area contributed by atoms with Crippen LogP contribution in [0.3, 0.4) is 0 Å². The van der Waals surface area contributed by atoms with Crippen molar-refractivity contribution in [1.82, 2.24) is 10.2 Å². The number of carbonyl (C=O) groups excluding carboxylic acids is 2. The number of anilines is 1. The lowest BCUT2D eigenvalue weighted by Gasteiger charge is -2.24. The van der Waals surface area contributed by atoms with E-state index in [-0.39, 0.29) is 13.1 Å². The number of likely N-dealkylation sites (N-methyl/N-ethyl adjacent to an activating group) is 1. The molecule has 2 aliphatic rings. The molecule has 3 amide bonds. The lowest BCUT2D eigenvalue weighted by atomic mass is 9.98. The minimum atomic E-state index is -1.01. The molecule has 0 bridgehead atoms. The Bertz CT molecular complexity index is 795. The summed E-state index contributed by atoms with van der Waals surface area (Å²) in [5, 5.41) is 11.4. The van der Waals surface area contributed by atoms with Crippen LogP contribution in [0.15, 0.2) is 24.3 Å². The van der Waals surface area contributed by atoms with Gasteiger partial charge in [-0.3, -0.25) is 9.69 Å². The predicted octanol–water partition coefficient (Wildman–Crippen LogP) is 1.66. The molecule has 0 saturated carbocycles. The van der Waals surface area contributed by atoms with E-state index < -0.39 is 30.0 Å². The zero-order valence-corrected chi connectivity index (χ0v) is 14.1. The maximum atomic E-state index is 14.6. The van der Waals surface area contributed by atoms with Gasteiger partial charge in [0.15, 0.2) is 6.10 Å². The van der Waals surface area contributed by atoms with Crippen molar-refractivity contribution in [3.05, 3.63) is 35.7 Å². The van der Waals surface area contributed by atoms with E-state index in [1.54, 1.807) is 18.2 Å². The fraction of sp³-hybridized carbons (Fsp3) is 0.353. The van der Waals surface area contributed by atoms with Crippen LogP contribution in [-0.2, 0) is 9.53 Å². The molecule has 0 radical (unpaired) electrons. The Labute approximate surface area is 148 Å². The maximum Gasteiger partial charge on any atom is 0.415 e. The lowest BCUT2D eigenvalue weighted by Crippen LogP contribution is -2.35. The quantitative estimate of drug-likeness (QED) is 0.851. The highest BCUT2D eigenvalue weighted by atomic mass is 19.1. The summed E-state index contributed by atoms with van der Waals surface area (Å²) in [5.41, 5.74) is 1.39. The second kappa shape index (κ2) is 7.03. The van der Waals surface area contributed by atoms with Crippen molar-refractivity contribution in [1.29, 1.82) is 0 Å². The summed E-state index contributed by atoms with van der Waals surface area (Å²) in [6.07, 6.45) is -0.554. The fourth-order valence-corrected chi connectivity index (χ4v) is 2.99. The number of halogens is 1. The van der Waals surface area contributed by atoms with E-state index in [9.17, 15) is 18.8 Å². The molecule has 2 N–H and O–H groups in total. The zero-order chi connectivity index (χ0) is 18.8. The van der Waals surface area contributed by atoms with Crippen LogP contribution in [-0.4, -0.2) is 60.9 Å². The van der Waals surface area contributed by atoms with Crippen molar-refractivity contribution < 1.29 is 28.6 Å². The topological polar surface area (TPSA) is 99.2 Å². The van der Waals surface area contributed by atoms with Crippen molar-refractivity contribution in [2.45, 2.75) is 12.5 Å². The molecule has 0 unspecified atom stereocenters. The smallest absolute Gasteiger partial charge is 0.415 e. The number of amides is 3. The second-order valence-electron chi connectivity index (χ2n) is 5.97. The number of benzene rings is 1. The largest absolute Gasteiger partial charge is 0.465 e. The van der Waals surface area contributed by atoms with Crippen molar-refractivity contribution in [2.75, 3.05) is 31.6 Å². The van der Waals surface area contributed by atoms with Crippen LogP contribution in [0.1, 0.15) is 12.0 Å². The van der Waals surface area contributed by atoms with Gasteiger partial charge >= 0.3 is 12.2 Å². The number of hydrogen-bond donors (Lipinski definition) is 2. The van der Waals surface area contributed by atoms with E-state index >= 15 is 0 Å². The van der Waals surface area contributed by atoms with Crippen molar-refractivity contribution in [3.8, 4) is 0 Å². The van der Waals surface area contributed by atoms with Gasteiger partial charge in [-0.2, -0.15) is 0 Å². The number of nitrogens with one attached hydrogen (secondary N) is 1. The molecule has 1 aromatic carbocycles. The summed E-state index contributed by atoms with van der Waals surface area (Å²) < 4.78 is 19.5. The number of ether oxygens (including phenoxy) is 1. The third-order valence-corrected chi connectivity index (χ3v) is 4.44. The number of carboxylic acid groups (broad SMARTS) is 1. The van der Waals surface area contributed by atoms with E-state index in [0.717, 1.165) is 5.57 Å². The Morgan fingerprint density at radius 3 is 2.73 bits per heavy atom. The highest BCUT2D eigenvalue weighted by Crippen LogP contribution is 2.29. The predicted molar refractivity (Wildman–Crippen MR) is 90.3 cm³/mol. The molecule has 1 fully saturated rings. The van der Waals surface area contributed by atoms with Gasteiger partial charge < -0.3 is 20.1 Å². The standard InChI is InChI=1S/C17H18FN3O5/c1-19-15(22)14-9-21(17(25)26-14)11-2-3-12(13(18)8-11)10-4-6-20(7-5-10)16(23)24/h2-4,8,14H,5-7,9H2,1H3,(H,19,22)(H,23,24)/t14-/m1/s1. The van der Waals surface area contributed by atoms with E-state index in [4.69, 9.17) is 9.84 Å². The number of carbonyl (C=O) groups is 3. The maximum absolute atomic E-state index is 14.6. The summed E-state index contributed by atoms with van der Waals surface area (Å²) in [7, 11) is 1.44. The molecule has 2 aliphatic heterocycles. The van der Waals surface area contributed by atoms with Crippen LogP contribution in [0.4, 0.5) is 19.7 Å². The molecule has 1 aromatic rings. The highest BCUT2D eigenvalue weighted by molar-refractivity contribution is 5.95. The normalized spacial score (nSPS) is 19.8. The highest BCUT2D eigenvalue weighted by Gasteiger charge is 2.36. The first-order valence-electron chi connectivity index (χ1n) is 8.07. The van der Waals surface area contributed by atoms with Gasteiger partial charge in [0.05, 0.1) is 12.2 Å². The van der Waals surface area contributed by atoms with Gasteiger partial charge in [0.1, 0.15) is 5.82 Å². The first-order valence-corrected chi connectivity index (χ1v) is 8.07. The molecule has 1 atom stereocenters. The first-order chi connectivity index (χ1) is 12.4. The van der Waals surface area contributed by atoms with Crippen LogP contribution >= 0.6 is 0 Å². The first kappa shape index (κ1) is 17.7. The number of hydrogen-bond acceptors (Lipinski definition) is 4. The van der Waals surface area contributed by atoms with Crippen molar-refractivity contribution >= 4 is 29.4 Å². The summed E-state index contributed by atoms with van der Waals surface area (Å²) in [5.74, 6) is -0.943. The third-order valence-electron chi connectivity index (χ3n) is 4.44. The van der Waals surface area contributed by atoms with Gasteiger partial charge in [-0.05, 0) is 30.2 Å². The summed E-state index contributed by atoms with van der Waals surface area (Å²) >= 11 is 0. The van der Waals surface area contributed by atoms with Crippen molar-refractivity contribution in [2.24, 2.45) is 0 Å². The SMILES string of the molecule is CNC(=O)[C@H]1CN(c2ccc(C3=CCN(C(=O)O)CC3)c(F)c2)C(=O)O1. The van der Waals surface area contributed by atoms with Crippen LogP contribution in [0.5, 0.6) is 0 Å². The molecule has 0 aromatic heterocycles. The molecule has 3 rings (SSSR count). The van der Waals surface area contributed by atoms with E-state index in [1.165, 1.54) is 22.9 Å². The number of nitrogens with zero attached hydrogens (tertiary/aromatic N) is 2. The Morgan fingerprint density at radius 1 is 1.38 bits per heavy atom.